The van der Waals surface area contributed by atoms with Crippen molar-refractivity contribution in [3.8, 4) is 34.3 Å². The zero-order valence-corrected chi connectivity index (χ0v) is 13.3. The number of para-hydroxylation sites is 2. The highest BCUT2D eigenvalue weighted by Crippen LogP contribution is 2.32. The highest BCUT2D eigenvalue weighted by molar-refractivity contribution is 5.79. The third-order valence-electron chi connectivity index (χ3n) is 3.90. The number of rotatable bonds is 4. The molecule has 0 spiro atoms. The van der Waals surface area contributed by atoms with E-state index in [0.29, 0.717) is 11.5 Å². The van der Waals surface area contributed by atoms with Crippen molar-refractivity contribution in [2.75, 3.05) is 14.2 Å². The largest absolute Gasteiger partial charge is 0.493 e. The molecule has 0 fully saturated rings. The Labute approximate surface area is 138 Å². The first-order valence-electron chi connectivity index (χ1n) is 7.51. The van der Waals surface area contributed by atoms with Crippen LogP contribution in [0.4, 0.5) is 0 Å². The number of benzene rings is 2. The Morgan fingerprint density at radius 2 is 1.75 bits per heavy atom. The summed E-state index contributed by atoms with van der Waals surface area (Å²) in [4.78, 5) is 7.87. The molecule has 0 unspecified atom stereocenters. The van der Waals surface area contributed by atoms with E-state index in [0.717, 1.165) is 33.8 Å². The fourth-order valence-electron chi connectivity index (χ4n) is 2.67. The van der Waals surface area contributed by atoms with Gasteiger partial charge in [0.05, 0.1) is 30.9 Å². The van der Waals surface area contributed by atoms with Crippen molar-refractivity contribution >= 4 is 11.0 Å². The molecule has 0 aliphatic heterocycles. The fourth-order valence-corrected chi connectivity index (χ4v) is 2.67. The SMILES string of the molecule is COc1ccc(-c2cc(-c3nc4ccccc4[nH]3)[nH]n2)cc1OC. The lowest BCUT2D eigenvalue weighted by molar-refractivity contribution is 0.355. The van der Waals surface area contributed by atoms with Gasteiger partial charge in [0.15, 0.2) is 17.3 Å². The third kappa shape index (κ3) is 2.38. The van der Waals surface area contributed by atoms with E-state index in [1.165, 1.54) is 0 Å². The van der Waals surface area contributed by atoms with E-state index in [4.69, 9.17) is 9.47 Å². The maximum absolute atomic E-state index is 5.35. The van der Waals surface area contributed by atoms with Crippen LogP contribution in [0.5, 0.6) is 11.5 Å². The molecule has 0 saturated heterocycles. The number of hydrogen-bond donors (Lipinski definition) is 2. The van der Waals surface area contributed by atoms with Gasteiger partial charge in [0.25, 0.3) is 0 Å². The van der Waals surface area contributed by atoms with Gasteiger partial charge in [-0.15, -0.1) is 0 Å². The number of nitrogens with zero attached hydrogens (tertiary/aromatic N) is 2. The van der Waals surface area contributed by atoms with Gasteiger partial charge < -0.3 is 14.5 Å². The van der Waals surface area contributed by atoms with E-state index in [1.54, 1.807) is 14.2 Å². The van der Waals surface area contributed by atoms with Crippen LogP contribution >= 0.6 is 0 Å². The second kappa shape index (κ2) is 5.73. The lowest BCUT2D eigenvalue weighted by Crippen LogP contribution is -1.90. The molecule has 0 bridgehead atoms. The number of fused-ring (bicyclic) bond motifs is 1. The maximum Gasteiger partial charge on any atom is 0.161 e. The van der Waals surface area contributed by atoms with Crippen LogP contribution < -0.4 is 9.47 Å². The van der Waals surface area contributed by atoms with Crippen molar-refractivity contribution in [3.63, 3.8) is 0 Å². The molecule has 0 saturated carbocycles. The van der Waals surface area contributed by atoms with Crippen molar-refractivity contribution in [1.29, 1.82) is 0 Å². The number of hydrogen-bond acceptors (Lipinski definition) is 4. The normalized spacial score (nSPS) is 10.9. The number of H-pyrrole nitrogens is 2. The number of aromatic nitrogens is 4. The molecule has 0 radical (unpaired) electrons. The molecule has 2 heterocycles. The number of nitrogens with one attached hydrogen (secondary N) is 2. The van der Waals surface area contributed by atoms with Crippen LogP contribution in [0.15, 0.2) is 48.5 Å². The molecule has 2 aromatic carbocycles. The molecule has 4 aromatic rings. The molecular weight excluding hydrogens is 304 g/mol. The molecule has 4 rings (SSSR count). The predicted octanol–water partition coefficient (Wildman–Crippen LogP) is 3.64. The van der Waals surface area contributed by atoms with Crippen molar-refractivity contribution in [1.82, 2.24) is 20.2 Å². The fraction of sp³-hybridized carbons (Fsp3) is 0.111. The quantitative estimate of drug-likeness (QED) is 0.602. The van der Waals surface area contributed by atoms with Gasteiger partial charge in [0, 0.05) is 5.56 Å². The zero-order valence-electron chi connectivity index (χ0n) is 13.3. The summed E-state index contributed by atoms with van der Waals surface area (Å²) in [5, 5.41) is 7.41. The van der Waals surface area contributed by atoms with E-state index in [1.807, 2.05) is 48.5 Å². The zero-order chi connectivity index (χ0) is 16.5. The highest BCUT2D eigenvalue weighted by Gasteiger charge is 2.12. The van der Waals surface area contributed by atoms with E-state index < -0.39 is 0 Å². The Hall–Kier alpha value is -3.28. The van der Waals surface area contributed by atoms with Gasteiger partial charge in [-0.3, -0.25) is 5.10 Å². The number of methoxy groups -OCH3 is 2. The van der Waals surface area contributed by atoms with Crippen LogP contribution in [-0.2, 0) is 0 Å². The predicted molar refractivity (Wildman–Crippen MR) is 92.2 cm³/mol. The van der Waals surface area contributed by atoms with Crippen LogP contribution in [-0.4, -0.2) is 34.4 Å². The molecule has 6 heteroatoms. The monoisotopic (exact) mass is 320 g/mol. The summed E-state index contributed by atoms with van der Waals surface area (Å²) < 4.78 is 10.6. The second-order valence-electron chi connectivity index (χ2n) is 5.34. The van der Waals surface area contributed by atoms with Crippen LogP contribution in [0, 0.1) is 0 Å². The Morgan fingerprint density at radius 3 is 2.54 bits per heavy atom. The molecule has 120 valence electrons. The molecule has 2 aromatic heterocycles. The van der Waals surface area contributed by atoms with Gasteiger partial charge >= 0.3 is 0 Å². The minimum atomic E-state index is 0.670. The first-order chi connectivity index (χ1) is 11.8. The average Bonchev–Trinajstić information content (AvgIpc) is 3.27. The summed E-state index contributed by atoms with van der Waals surface area (Å²) in [6.45, 7) is 0. The first-order valence-corrected chi connectivity index (χ1v) is 7.51. The Morgan fingerprint density at radius 1 is 0.917 bits per heavy atom. The topological polar surface area (TPSA) is 75.8 Å². The van der Waals surface area contributed by atoms with Gasteiger partial charge in [0.1, 0.15) is 5.69 Å². The summed E-state index contributed by atoms with van der Waals surface area (Å²) >= 11 is 0. The molecule has 6 nitrogen and oxygen atoms in total. The van der Waals surface area contributed by atoms with Gasteiger partial charge in [-0.2, -0.15) is 5.10 Å². The molecular formula is C18H16N4O2. The minimum absolute atomic E-state index is 0.670. The maximum atomic E-state index is 5.35. The van der Waals surface area contributed by atoms with Crippen molar-refractivity contribution in [3.05, 3.63) is 48.5 Å². The molecule has 24 heavy (non-hydrogen) atoms. The average molecular weight is 320 g/mol. The van der Waals surface area contributed by atoms with Crippen molar-refractivity contribution < 1.29 is 9.47 Å². The van der Waals surface area contributed by atoms with Gasteiger partial charge in [-0.1, -0.05) is 12.1 Å². The lowest BCUT2D eigenvalue weighted by atomic mass is 10.1. The van der Waals surface area contributed by atoms with Crippen molar-refractivity contribution in [2.45, 2.75) is 0 Å². The summed E-state index contributed by atoms with van der Waals surface area (Å²) in [5.74, 6) is 2.12. The van der Waals surface area contributed by atoms with Crippen LogP contribution in [0.1, 0.15) is 0 Å². The van der Waals surface area contributed by atoms with E-state index >= 15 is 0 Å². The van der Waals surface area contributed by atoms with Crippen molar-refractivity contribution in [2.24, 2.45) is 0 Å². The van der Waals surface area contributed by atoms with E-state index in [9.17, 15) is 0 Å². The Balaban J connectivity index is 1.72. The second-order valence-corrected chi connectivity index (χ2v) is 5.34. The molecule has 0 aliphatic carbocycles. The summed E-state index contributed by atoms with van der Waals surface area (Å²) in [5.41, 5.74) is 4.50. The highest BCUT2D eigenvalue weighted by atomic mass is 16.5. The number of imidazole rings is 1. The lowest BCUT2D eigenvalue weighted by Gasteiger charge is -2.08. The summed E-state index contributed by atoms with van der Waals surface area (Å²) in [6, 6.07) is 15.6. The summed E-state index contributed by atoms with van der Waals surface area (Å²) in [6.07, 6.45) is 0. The third-order valence-corrected chi connectivity index (χ3v) is 3.90. The van der Waals surface area contributed by atoms with Gasteiger partial charge in [-0.25, -0.2) is 4.98 Å². The first kappa shape index (κ1) is 14.3. The van der Waals surface area contributed by atoms with Gasteiger partial charge in [-0.05, 0) is 36.4 Å². The van der Waals surface area contributed by atoms with Crippen LogP contribution in [0.25, 0.3) is 33.8 Å². The number of ether oxygens (including phenoxy) is 2. The molecule has 0 atom stereocenters. The van der Waals surface area contributed by atoms with E-state index in [2.05, 4.69) is 20.2 Å². The molecule has 2 N–H and O–H groups in total. The van der Waals surface area contributed by atoms with Crippen LogP contribution in [0.2, 0.25) is 0 Å². The number of aromatic amines is 2. The van der Waals surface area contributed by atoms with E-state index in [-0.39, 0.29) is 0 Å². The molecule has 0 amide bonds. The summed E-state index contributed by atoms with van der Waals surface area (Å²) in [7, 11) is 3.23. The standard InChI is InChI=1S/C18H16N4O2/c1-23-16-8-7-11(9-17(16)24-2)14-10-15(22-21-14)18-19-12-5-3-4-6-13(12)20-18/h3-10H,1-2H3,(H,19,20)(H,21,22). The minimum Gasteiger partial charge on any atom is -0.493 e. The Bertz CT molecular complexity index is 970. The Kier molecular flexibility index (Phi) is 3.42. The molecule has 0 aliphatic rings. The van der Waals surface area contributed by atoms with Crippen LogP contribution in [0.3, 0.4) is 0 Å². The van der Waals surface area contributed by atoms with Gasteiger partial charge in [0.2, 0.25) is 0 Å². The smallest absolute Gasteiger partial charge is 0.161 e.